The molecule has 1 rings (SSSR count). The van der Waals surface area contributed by atoms with Crippen LogP contribution < -0.4 is 0 Å². The Labute approximate surface area is 119 Å². The van der Waals surface area contributed by atoms with Gasteiger partial charge in [-0.2, -0.15) is 0 Å². The lowest BCUT2D eigenvalue weighted by atomic mass is 9.91. The topological polar surface area (TPSA) is 71.4 Å². The van der Waals surface area contributed by atoms with E-state index in [2.05, 4.69) is 0 Å². The summed E-state index contributed by atoms with van der Waals surface area (Å²) in [5.41, 5.74) is 0. The smallest absolute Gasteiger partial charge is 0.303 e. The molecule has 20 heavy (non-hydrogen) atoms. The Morgan fingerprint density at radius 3 is 2.75 bits per heavy atom. The number of Topliss-reactive ketones (excluding diaryl/α,β-unsaturated/α-hetero) is 1. The van der Waals surface area contributed by atoms with Crippen LogP contribution in [0.25, 0.3) is 0 Å². The van der Waals surface area contributed by atoms with Crippen LogP contribution in [0.4, 0.5) is 0 Å². The fraction of sp³-hybridized carbons (Fsp3) is 0.562. The van der Waals surface area contributed by atoms with E-state index in [0.29, 0.717) is 25.7 Å². The van der Waals surface area contributed by atoms with Gasteiger partial charge in [0.1, 0.15) is 5.78 Å². The zero-order valence-electron chi connectivity index (χ0n) is 11.9. The summed E-state index contributed by atoms with van der Waals surface area (Å²) in [7, 11) is 0. The van der Waals surface area contributed by atoms with Crippen LogP contribution in [-0.4, -0.2) is 22.6 Å². The molecule has 2 unspecified atom stereocenters. The molecule has 0 bridgehead atoms. The second-order valence-electron chi connectivity index (χ2n) is 5.09. The molecule has 0 heterocycles. The molecule has 0 radical (unpaired) electrons. The van der Waals surface area contributed by atoms with Gasteiger partial charge in [-0.15, -0.1) is 0 Å². The SMILES string of the molecule is CCC(=O)/C=C/C1CCC(=O)C1C/C=C/CCC(=O)O. The summed E-state index contributed by atoms with van der Waals surface area (Å²) in [6.45, 7) is 1.81. The summed E-state index contributed by atoms with van der Waals surface area (Å²) in [6.07, 6.45) is 10.3. The maximum atomic E-state index is 11.8. The van der Waals surface area contributed by atoms with Gasteiger partial charge < -0.3 is 5.11 Å². The van der Waals surface area contributed by atoms with Crippen molar-refractivity contribution >= 4 is 17.5 Å². The standard InChI is InChI=1S/C16H22O4/c1-2-13(17)10-8-12-9-11-15(18)14(12)6-4-3-5-7-16(19)20/h3-4,8,10,12,14H,2,5-7,9,11H2,1H3,(H,19,20)/b4-3+,10-8+. The van der Waals surface area contributed by atoms with Gasteiger partial charge in [-0.25, -0.2) is 0 Å². The molecular formula is C16H22O4. The van der Waals surface area contributed by atoms with Crippen molar-refractivity contribution in [1.82, 2.24) is 0 Å². The number of carbonyl (C=O) groups excluding carboxylic acids is 2. The van der Waals surface area contributed by atoms with Crippen LogP contribution >= 0.6 is 0 Å². The van der Waals surface area contributed by atoms with Crippen LogP contribution in [-0.2, 0) is 14.4 Å². The average molecular weight is 278 g/mol. The first kappa shape index (κ1) is 16.3. The molecule has 4 heteroatoms. The summed E-state index contributed by atoms with van der Waals surface area (Å²) < 4.78 is 0. The quantitative estimate of drug-likeness (QED) is 0.547. The molecule has 1 aliphatic carbocycles. The molecular weight excluding hydrogens is 256 g/mol. The fourth-order valence-corrected chi connectivity index (χ4v) is 2.39. The minimum absolute atomic E-state index is 0.0583. The molecule has 0 amide bonds. The normalized spacial score (nSPS) is 22.9. The van der Waals surface area contributed by atoms with E-state index in [9.17, 15) is 14.4 Å². The minimum Gasteiger partial charge on any atom is -0.481 e. The summed E-state index contributed by atoms with van der Waals surface area (Å²) in [6, 6.07) is 0. The Balaban J connectivity index is 2.48. The number of carbonyl (C=O) groups is 3. The van der Waals surface area contributed by atoms with Gasteiger partial charge in [0.15, 0.2) is 5.78 Å². The van der Waals surface area contributed by atoms with Gasteiger partial charge in [0.2, 0.25) is 0 Å². The van der Waals surface area contributed by atoms with Crippen molar-refractivity contribution in [1.29, 1.82) is 0 Å². The van der Waals surface area contributed by atoms with E-state index in [1.54, 1.807) is 6.08 Å². The van der Waals surface area contributed by atoms with E-state index in [-0.39, 0.29) is 29.8 Å². The lowest BCUT2D eigenvalue weighted by molar-refractivity contribution is -0.137. The van der Waals surface area contributed by atoms with Gasteiger partial charge in [-0.1, -0.05) is 25.2 Å². The zero-order chi connectivity index (χ0) is 15.0. The first-order valence-electron chi connectivity index (χ1n) is 7.15. The minimum atomic E-state index is -0.814. The number of ketones is 2. The molecule has 0 aromatic heterocycles. The third-order valence-electron chi connectivity index (χ3n) is 3.61. The number of aliphatic carboxylic acids is 1. The highest BCUT2D eigenvalue weighted by atomic mass is 16.4. The zero-order valence-corrected chi connectivity index (χ0v) is 11.9. The molecule has 0 spiro atoms. The second-order valence-corrected chi connectivity index (χ2v) is 5.09. The van der Waals surface area contributed by atoms with Crippen molar-refractivity contribution < 1.29 is 19.5 Å². The Morgan fingerprint density at radius 1 is 1.35 bits per heavy atom. The lowest BCUT2D eigenvalue weighted by Crippen LogP contribution is -2.12. The number of carboxylic acids is 1. The molecule has 4 nitrogen and oxygen atoms in total. The van der Waals surface area contributed by atoms with Crippen LogP contribution in [0.2, 0.25) is 0 Å². The average Bonchev–Trinajstić information content (AvgIpc) is 2.76. The van der Waals surface area contributed by atoms with E-state index in [0.717, 1.165) is 6.42 Å². The molecule has 0 aromatic carbocycles. The largest absolute Gasteiger partial charge is 0.481 e. The first-order valence-corrected chi connectivity index (χ1v) is 7.15. The molecule has 0 aliphatic heterocycles. The predicted octanol–water partition coefficient (Wildman–Crippen LogP) is 2.93. The summed E-state index contributed by atoms with van der Waals surface area (Å²) in [4.78, 5) is 33.5. The third-order valence-corrected chi connectivity index (χ3v) is 3.61. The van der Waals surface area contributed by atoms with Crippen LogP contribution in [0.1, 0.15) is 45.4 Å². The molecule has 1 aliphatic rings. The van der Waals surface area contributed by atoms with Gasteiger partial charge in [0.05, 0.1) is 0 Å². The van der Waals surface area contributed by atoms with Crippen molar-refractivity contribution in [2.24, 2.45) is 11.8 Å². The Kier molecular flexibility index (Phi) is 6.91. The van der Waals surface area contributed by atoms with Crippen LogP contribution in [0, 0.1) is 11.8 Å². The van der Waals surface area contributed by atoms with Crippen LogP contribution in [0.3, 0.4) is 0 Å². The van der Waals surface area contributed by atoms with Crippen molar-refractivity contribution in [2.45, 2.75) is 45.4 Å². The predicted molar refractivity (Wildman–Crippen MR) is 76.3 cm³/mol. The second kappa shape index (κ2) is 8.46. The van der Waals surface area contributed by atoms with Crippen molar-refractivity contribution in [3.8, 4) is 0 Å². The summed E-state index contributed by atoms with van der Waals surface area (Å²) in [5.74, 6) is -0.406. The summed E-state index contributed by atoms with van der Waals surface area (Å²) >= 11 is 0. The van der Waals surface area contributed by atoms with Crippen molar-refractivity contribution in [3.63, 3.8) is 0 Å². The molecule has 0 aromatic rings. The maximum Gasteiger partial charge on any atom is 0.303 e. The van der Waals surface area contributed by atoms with E-state index < -0.39 is 5.97 Å². The highest BCUT2D eigenvalue weighted by Crippen LogP contribution is 2.32. The Hall–Kier alpha value is -1.71. The van der Waals surface area contributed by atoms with E-state index in [1.165, 1.54) is 0 Å². The number of hydrogen-bond donors (Lipinski definition) is 1. The van der Waals surface area contributed by atoms with E-state index >= 15 is 0 Å². The van der Waals surface area contributed by atoms with Gasteiger partial charge in [0, 0.05) is 25.2 Å². The first-order chi connectivity index (χ1) is 9.54. The summed E-state index contributed by atoms with van der Waals surface area (Å²) in [5, 5.41) is 8.52. The van der Waals surface area contributed by atoms with Gasteiger partial charge >= 0.3 is 5.97 Å². The molecule has 1 saturated carbocycles. The monoisotopic (exact) mass is 278 g/mol. The van der Waals surface area contributed by atoms with Crippen LogP contribution in [0.5, 0.6) is 0 Å². The molecule has 110 valence electrons. The van der Waals surface area contributed by atoms with Crippen molar-refractivity contribution in [2.75, 3.05) is 0 Å². The van der Waals surface area contributed by atoms with E-state index in [1.807, 2.05) is 25.2 Å². The fourth-order valence-electron chi connectivity index (χ4n) is 2.39. The molecule has 1 fully saturated rings. The van der Waals surface area contributed by atoms with Gasteiger partial charge in [-0.3, -0.25) is 14.4 Å². The molecule has 2 atom stereocenters. The maximum absolute atomic E-state index is 11.8. The number of rotatable bonds is 8. The molecule has 0 saturated heterocycles. The van der Waals surface area contributed by atoms with E-state index in [4.69, 9.17) is 5.11 Å². The number of carboxylic acid groups (broad SMARTS) is 1. The van der Waals surface area contributed by atoms with Crippen LogP contribution in [0.15, 0.2) is 24.3 Å². The highest BCUT2D eigenvalue weighted by molar-refractivity contribution is 5.90. The van der Waals surface area contributed by atoms with Gasteiger partial charge in [0.25, 0.3) is 0 Å². The third kappa shape index (κ3) is 5.51. The van der Waals surface area contributed by atoms with Gasteiger partial charge in [-0.05, 0) is 31.3 Å². The lowest BCUT2D eigenvalue weighted by Gasteiger charge is -2.12. The Bertz CT molecular complexity index is 420. The Morgan fingerprint density at radius 2 is 2.10 bits per heavy atom. The van der Waals surface area contributed by atoms with Crippen molar-refractivity contribution in [3.05, 3.63) is 24.3 Å². The molecule has 1 N–H and O–H groups in total. The highest BCUT2D eigenvalue weighted by Gasteiger charge is 2.31. The number of hydrogen-bond acceptors (Lipinski definition) is 3. The number of allylic oxidation sites excluding steroid dienone is 4.